The summed E-state index contributed by atoms with van der Waals surface area (Å²) in [5.74, 6) is 1.99. The molecule has 1 N–H and O–H groups in total. The third-order valence-electron chi connectivity index (χ3n) is 2.72. The van der Waals surface area contributed by atoms with E-state index in [1.54, 1.807) is 12.4 Å². The predicted octanol–water partition coefficient (Wildman–Crippen LogP) is 2.69. The van der Waals surface area contributed by atoms with E-state index in [2.05, 4.69) is 15.3 Å². The summed E-state index contributed by atoms with van der Waals surface area (Å²) in [5, 5.41) is 3.63. The van der Waals surface area contributed by atoms with Gasteiger partial charge in [0.15, 0.2) is 0 Å². The number of nitrogens with one attached hydrogen (secondary N) is 1. The molecule has 0 aliphatic heterocycles. The van der Waals surface area contributed by atoms with Gasteiger partial charge in [-0.05, 0) is 32.6 Å². The largest absolute Gasteiger partial charge is 0.474 e. The van der Waals surface area contributed by atoms with Gasteiger partial charge in [0.1, 0.15) is 5.82 Å². The Labute approximate surface area is 107 Å². The Balaban J connectivity index is 1.83. The molecule has 1 aromatic heterocycles. The SMILES string of the molecule is CC(C)Oc1cncc(NCC2CC(Cl)C2)n1. The van der Waals surface area contributed by atoms with Crippen molar-refractivity contribution in [3.63, 3.8) is 0 Å². The van der Waals surface area contributed by atoms with Crippen LogP contribution in [-0.2, 0) is 0 Å². The molecule has 0 aromatic carbocycles. The summed E-state index contributed by atoms with van der Waals surface area (Å²) >= 11 is 5.93. The normalized spacial score (nSPS) is 23.3. The Morgan fingerprint density at radius 2 is 2.24 bits per heavy atom. The molecule has 1 aliphatic carbocycles. The smallest absolute Gasteiger partial charge is 0.234 e. The number of nitrogens with zero attached hydrogens (tertiary/aromatic N) is 2. The molecule has 0 unspecified atom stereocenters. The predicted molar refractivity (Wildman–Crippen MR) is 68.7 cm³/mol. The molecule has 0 atom stereocenters. The summed E-state index contributed by atoms with van der Waals surface area (Å²) in [7, 11) is 0. The molecule has 1 heterocycles. The van der Waals surface area contributed by atoms with Crippen molar-refractivity contribution in [1.29, 1.82) is 0 Å². The van der Waals surface area contributed by atoms with Crippen LogP contribution in [0.4, 0.5) is 5.82 Å². The summed E-state index contributed by atoms with van der Waals surface area (Å²) in [5.41, 5.74) is 0. The summed E-state index contributed by atoms with van der Waals surface area (Å²) in [6.45, 7) is 4.84. The first kappa shape index (κ1) is 12.4. The number of halogens is 1. The van der Waals surface area contributed by atoms with Crippen LogP contribution in [0.3, 0.4) is 0 Å². The zero-order chi connectivity index (χ0) is 12.3. The van der Waals surface area contributed by atoms with E-state index in [1.807, 2.05) is 13.8 Å². The van der Waals surface area contributed by atoms with Gasteiger partial charge in [0, 0.05) is 11.9 Å². The first-order chi connectivity index (χ1) is 8.13. The molecule has 1 fully saturated rings. The summed E-state index contributed by atoms with van der Waals surface area (Å²) in [6.07, 6.45) is 5.63. The molecule has 0 amide bonds. The first-order valence-corrected chi connectivity index (χ1v) is 6.43. The van der Waals surface area contributed by atoms with Crippen molar-refractivity contribution >= 4 is 17.4 Å². The van der Waals surface area contributed by atoms with E-state index in [9.17, 15) is 0 Å². The van der Waals surface area contributed by atoms with Crippen LogP contribution < -0.4 is 10.1 Å². The number of alkyl halides is 1. The van der Waals surface area contributed by atoms with Gasteiger partial charge in [-0.25, -0.2) is 0 Å². The third-order valence-corrected chi connectivity index (χ3v) is 3.08. The average Bonchev–Trinajstić information content (AvgIpc) is 2.22. The first-order valence-electron chi connectivity index (χ1n) is 6.00. The lowest BCUT2D eigenvalue weighted by Gasteiger charge is -2.30. The van der Waals surface area contributed by atoms with Gasteiger partial charge in [-0.15, -0.1) is 11.6 Å². The van der Waals surface area contributed by atoms with Crippen LogP contribution in [0.1, 0.15) is 26.7 Å². The molecule has 1 aromatic rings. The quantitative estimate of drug-likeness (QED) is 0.822. The van der Waals surface area contributed by atoms with Crippen molar-refractivity contribution in [2.45, 2.75) is 38.2 Å². The maximum Gasteiger partial charge on any atom is 0.234 e. The molecular weight excluding hydrogens is 238 g/mol. The molecule has 94 valence electrons. The molecule has 2 rings (SSSR count). The van der Waals surface area contributed by atoms with Crippen LogP contribution in [0.5, 0.6) is 5.88 Å². The highest BCUT2D eigenvalue weighted by Crippen LogP contribution is 2.31. The summed E-state index contributed by atoms with van der Waals surface area (Å²) in [6, 6.07) is 0. The maximum atomic E-state index is 5.93. The standard InChI is InChI=1S/C12H18ClN3O/c1-8(2)17-12-7-14-6-11(16-12)15-5-9-3-10(13)4-9/h6-10H,3-5H2,1-2H3,(H,15,16). The Morgan fingerprint density at radius 3 is 2.88 bits per heavy atom. The maximum absolute atomic E-state index is 5.93. The third kappa shape index (κ3) is 3.73. The second kappa shape index (κ2) is 5.54. The highest BCUT2D eigenvalue weighted by atomic mass is 35.5. The monoisotopic (exact) mass is 255 g/mol. The average molecular weight is 256 g/mol. The zero-order valence-corrected chi connectivity index (χ0v) is 10.9. The number of hydrogen-bond acceptors (Lipinski definition) is 4. The summed E-state index contributed by atoms with van der Waals surface area (Å²) < 4.78 is 5.48. The number of rotatable bonds is 5. The van der Waals surface area contributed by atoms with Gasteiger partial charge in [-0.2, -0.15) is 4.98 Å². The van der Waals surface area contributed by atoms with E-state index in [0.717, 1.165) is 25.2 Å². The Hall–Kier alpha value is -1.03. The van der Waals surface area contributed by atoms with E-state index < -0.39 is 0 Å². The number of ether oxygens (including phenoxy) is 1. The number of aromatic nitrogens is 2. The minimum atomic E-state index is 0.114. The van der Waals surface area contributed by atoms with Crippen LogP contribution in [0, 0.1) is 5.92 Å². The molecule has 4 nitrogen and oxygen atoms in total. The molecule has 0 bridgehead atoms. The van der Waals surface area contributed by atoms with E-state index in [4.69, 9.17) is 16.3 Å². The van der Waals surface area contributed by atoms with Crippen LogP contribution in [0.15, 0.2) is 12.4 Å². The fourth-order valence-electron chi connectivity index (χ4n) is 1.80. The zero-order valence-electron chi connectivity index (χ0n) is 10.2. The fourth-order valence-corrected chi connectivity index (χ4v) is 2.31. The van der Waals surface area contributed by atoms with Crippen molar-refractivity contribution in [2.75, 3.05) is 11.9 Å². The van der Waals surface area contributed by atoms with Crippen LogP contribution in [-0.4, -0.2) is 28.0 Å². The van der Waals surface area contributed by atoms with Gasteiger partial charge in [0.2, 0.25) is 5.88 Å². The highest BCUT2D eigenvalue weighted by Gasteiger charge is 2.26. The lowest BCUT2D eigenvalue weighted by Crippen LogP contribution is -2.30. The topological polar surface area (TPSA) is 47.0 Å². The molecular formula is C12H18ClN3O. The lowest BCUT2D eigenvalue weighted by molar-refractivity contribution is 0.232. The van der Waals surface area contributed by atoms with Gasteiger partial charge < -0.3 is 10.1 Å². The second-order valence-corrected chi connectivity index (χ2v) is 5.34. The van der Waals surface area contributed by atoms with Crippen molar-refractivity contribution in [1.82, 2.24) is 9.97 Å². The fraction of sp³-hybridized carbons (Fsp3) is 0.667. The molecule has 17 heavy (non-hydrogen) atoms. The highest BCUT2D eigenvalue weighted by molar-refractivity contribution is 6.21. The molecule has 5 heteroatoms. The van der Waals surface area contributed by atoms with Gasteiger partial charge in [0.25, 0.3) is 0 Å². The van der Waals surface area contributed by atoms with Crippen LogP contribution in [0.2, 0.25) is 0 Å². The van der Waals surface area contributed by atoms with Crippen molar-refractivity contribution < 1.29 is 4.74 Å². The lowest BCUT2D eigenvalue weighted by atomic mass is 9.85. The van der Waals surface area contributed by atoms with Crippen molar-refractivity contribution in [3.05, 3.63) is 12.4 Å². The van der Waals surface area contributed by atoms with E-state index >= 15 is 0 Å². The Morgan fingerprint density at radius 1 is 1.47 bits per heavy atom. The molecule has 0 radical (unpaired) electrons. The van der Waals surface area contributed by atoms with Crippen molar-refractivity contribution in [3.8, 4) is 5.88 Å². The molecule has 0 saturated heterocycles. The van der Waals surface area contributed by atoms with Crippen LogP contribution >= 0.6 is 11.6 Å². The molecule has 1 saturated carbocycles. The number of anilines is 1. The van der Waals surface area contributed by atoms with Gasteiger partial charge in [-0.1, -0.05) is 0 Å². The molecule has 0 spiro atoms. The van der Waals surface area contributed by atoms with Crippen molar-refractivity contribution in [2.24, 2.45) is 5.92 Å². The van der Waals surface area contributed by atoms with Gasteiger partial charge >= 0.3 is 0 Å². The molecule has 1 aliphatic rings. The minimum absolute atomic E-state index is 0.114. The summed E-state index contributed by atoms with van der Waals surface area (Å²) in [4.78, 5) is 8.43. The minimum Gasteiger partial charge on any atom is -0.474 e. The van der Waals surface area contributed by atoms with Crippen LogP contribution in [0.25, 0.3) is 0 Å². The van der Waals surface area contributed by atoms with E-state index in [1.165, 1.54) is 0 Å². The second-order valence-electron chi connectivity index (χ2n) is 4.72. The number of hydrogen-bond donors (Lipinski definition) is 1. The Kier molecular flexibility index (Phi) is 4.05. The van der Waals surface area contributed by atoms with E-state index in [-0.39, 0.29) is 6.10 Å². The van der Waals surface area contributed by atoms with E-state index in [0.29, 0.717) is 17.2 Å². The Bertz CT molecular complexity index is 367. The van der Waals surface area contributed by atoms with Gasteiger partial charge in [-0.3, -0.25) is 4.98 Å². The van der Waals surface area contributed by atoms with Gasteiger partial charge in [0.05, 0.1) is 18.5 Å².